The van der Waals surface area contributed by atoms with Gasteiger partial charge >= 0.3 is 0 Å². The van der Waals surface area contributed by atoms with Crippen LogP contribution in [-0.4, -0.2) is 22.4 Å². The minimum absolute atomic E-state index is 0.100. The number of hydrogen-bond acceptors (Lipinski definition) is 3. The molecule has 0 bridgehead atoms. The van der Waals surface area contributed by atoms with E-state index in [0.29, 0.717) is 11.3 Å². The van der Waals surface area contributed by atoms with Crippen molar-refractivity contribution in [2.24, 2.45) is 0 Å². The maximum absolute atomic E-state index is 13.5. The van der Waals surface area contributed by atoms with Crippen molar-refractivity contribution in [3.8, 4) is 0 Å². The van der Waals surface area contributed by atoms with Gasteiger partial charge in [-0.05, 0) is 43.2 Å². The maximum atomic E-state index is 13.5. The van der Waals surface area contributed by atoms with Gasteiger partial charge in [-0.1, -0.05) is 0 Å². The molecular formula is C16H15FN2O2S. The summed E-state index contributed by atoms with van der Waals surface area (Å²) in [7, 11) is 0. The van der Waals surface area contributed by atoms with Crippen LogP contribution in [0.15, 0.2) is 35.4 Å². The third kappa shape index (κ3) is 2.92. The zero-order valence-corrected chi connectivity index (χ0v) is 12.8. The van der Waals surface area contributed by atoms with Gasteiger partial charge in [-0.2, -0.15) is 0 Å². The summed E-state index contributed by atoms with van der Waals surface area (Å²) in [5, 5.41) is 2.91. The molecular weight excluding hydrogens is 303 g/mol. The molecule has 0 unspecified atom stereocenters. The lowest BCUT2D eigenvalue weighted by Gasteiger charge is -2.25. The molecule has 1 aromatic carbocycles. The predicted molar refractivity (Wildman–Crippen MR) is 82.7 cm³/mol. The van der Waals surface area contributed by atoms with Crippen molar-refractivity contribution in [1.29, 1.82) is 0 Å². The summed E-state index contributed by atoms with van der Waals surface area (Å²) in [6.07, 6.45) is 2.26. The van der Waals surface area contributed by atoms with Gasteiger partial charge < -0.3 is 10.3 Å². The molecule has 1 atom stereocenters. The Bertz CT molecular complexity index is 741. The molecule has 0 spiro atoms. The SMILES string of the molecule is CC(=O)c1c[nH]c(C(=O)N[C@H]2CCSc3ccc(F)cc32)c1. The number of fused-ring (bicyclic) bond motifs is 1. The maximum Gasteiger partial charge on any atom is 0.268 e. The Morgan fingerprint density at radius 1 is 1.36 bits per heavy atom. The Kier molecular flexibility index (Phi) is 4.02. The standard InChI is InChI=1S/C16H15FN2O2S/c1-9(20)10-6-14(18-8-10)16(21)19-13-4-5-22-15-3-2-11(17)7-12(13)15/h2-3,6-8,13,18H,4-5H2,1H3,(H,19,21)/t13-/m0/s1. The molecule has 0 aliphatic carbocycles. The summed E-state index contributed by atoms with van der Waals surface area (Å²) < 4.78 is 13.5. The van der Waals surface area contributed by atoms with E-state index < -0.39 is 0 Å². The number of hydrogen-bond donors (Lipinski definition) is 2. The molecule has 6 heteroatoms. The monoisotopic (exact) mass is 318 g/mol. The van der Waals surface area contributed by atoms with E-state index in [1.54, 1.807) is 17.8 Å². The minimum Gasteiger partial charge on any atom is -0.356 e. The fourth-order valence-electron chi connectivity index (χ4n) is 2.48. The van der Waals surface area contributed by atoms with Crippen molar-refractivity contribution < 1.29 is 14.0 Å². The van der Waals surface area contributed by atoms with Crippen LogP contribution in [0.5, 0.6) is 0 Å². The van der Waals surface area contributed by atoms with Crippen LogP contribution in [0.1, 0.15) is 45.8 Å². The Labute approximate surface area is 131 Å². The summed E-state index contributed by atoms with van der Waals surface area (Å²) in [5.41, 5.74) is 1.61. The van der Waals surface area contributed by atoms with Gasteiger partial charge in [0.1, 0.15) is 11.5 Å². The molecule has 3 rings (SSSR count). The number of thioether (sulfide) groups is 1. The molecule has 0 fully saturated rings. The smallest absolute Gasteiger partial charge is 0.268 e. The minimum atomic E-state index is -0.306. The third-order valence-corrected chi connectivity index (χ3v) is 4.77. The van der Waals surface area contributed by atoms with E-state index in [1.165, 1.54) is 31.3 Å². The van der Waals surface area contributed by atoms with Crippen LogP contribution in [0.3, 0.4) is 0 Å². The second kappa shape index (κ2) is 5.96. The first-order chi connectivity index (χ1) is 10.5. The number of carbonyl (C=O) groups excluding carboxylic acids is 2. The molecule has 1 aliphatic rings. The Morgan fingerprint density at radius 3 is 2.91 bits per heavy atom. The molecule has 1 amide bonds. The van der Waals surface area contributed by atoms with Gasteiger partial charge in [0.05, 0.1) is 6.04 Å². The van der Waals surface area contributed by atoms with Crippen LogP contribution >= 0.6 is 11.8 Å². The van der Waals surface area contributed by atoms with Crippen LogP contribution in [0, 0.1) is 5.82 Å². The topological polar surface area (TPSA) is 62.0 Å². The number of Topliss-reactive ketones (excluding diaryl/α,β-unsaturated/α-hetero) is 1. The highest BCUT2D eigenvalue weighted by Gasteiger charge is 2.24. The van der Waals surface area contributed by atoms with Gasteiger partial charge in [0.25, 0.3) is 5.91 Å². The first-order valence-electron chi connectivity index (χ1n) is 6.97. The van der Waals surface area contributed by atoms with Gasteiger partial charge in [-0.15, -0.1) is 11.8 Å². The summed E-state index contributed by atoms with van der Waals surface area (Å²) >= 11 is 1.66. The van der Waals surface area contributed by atoms with Crippen molar-refractivity contribution in [2.45, 2.75) is 24.3 Å². The van der Waals surface area contributed by atoms with Gasteiger partial charge in [-0.25, -0.2) is 4.39 Å². The Balaban J connectivity index is 1.80. The molecule has 2 heterocycles. The fourth-order valence-corrected chi connectivity index (χ4v) is 3.59. The van der Waals surface area contributed by atoms with Crippen molar-refractivity contribution in [3.05, 3.63) is 53.1 Å². The quantitative estimate of drug-likeness (QED) is 0.853. The van der Waals surface area contributed by atoms with E-state index in [4.69, 9.17) is 0 Å². The third-order valence-electron chi connectivity index (χ3n) is 3.65. The van der Waals surface area contributed by atoms with Crippen LogP contribution in [0.4, 0.5) is 4.39 Å². The average molecular weight is 318 g/mol. The number of ketones is 1. The van der Waals surface area contributed by atoms with E-state index >= 15 is 0 Å². The first-order valence-corrected chi connectivity index (χ1v) is 7.95. The van der Waals surface area contributed by atoms with Crippen molar-refractivity contribution >= 4 is 23.5 Å². The molecule has 1 aliphatic heterocycles. The number of amides is 1. The highest BCUT2D eigenvalue weighted by atomic mass is 32.2. The molecule has 114 valence electrons. The molecule has 0 saturated carbocycles. The second-order valence-electron chi connectivity index (χ2n) is 5.20. The van der Waals surface area contributed by atoms with Gasteiger partial charge in [0, 0.05) is 22.4 Å². The number of H-pyrrole nitrogens is 1. The molecule has 1 aromatic heterocycles. The van der Waals surface area contributed by atoms with Crippen LogP contribution in [0.25, 0.3) is 0 Å². The largest absolute Gasteiger partial charge is 0.356 e. The average Bonchev–Trinajstić information content (AvgIpc) is 2.98. The normalized spacial score (nSPS) is 16.9. The highest BCUT2D eigenvalue weighted by Crippen LogP contribution is 2.36. The summed E-state index contributed by atoms with van der Waals surface area (Å²) in [6, 6.07) is 5.96. The summed E-state index contributed by atoms with van der Waals surface area (Å²) in [6.45, 7) is 1.45. The van der Waals surface area contributed by atoms with E-state index in [2.05, 4.69) is 10.3 Å². The number of aromatic nitrogens is 1. The highest BCUT2D eigenvalue weighted by molar-refractivity contribution is 7.99. The van der Waals surface area contributed by atoms with E-state index in [1.807, 2.05) is 0 Å². The second-order valence-corrected chi connectivity index (χ2v) is 6.34. The van der Waals surface area contributed by atoms with Gasteiger partial charge in [0.2, 0.25) is 0 Å². The van der Waals surface area contributed by atoms with E-state index in [-0.39, 0.29) is 23.5 Å². The summed E-state index contributed by atoms with van der Waals surface area (Å²) in [4.78, 5) is 27.4. The first kappa shape index (κ1) is 14.8. The van der Waals surface area contributed by atoms with Crippen molar-refractivity contribution in [1.82, 2.24) is 10.3 Å². The lowest BCUT2D eigenvalue weighted by Crippen LogP contribution is -2.31. The van der Waals surface area contributed by atoms with Crippen LogP contribution in [-0.2, 0) is 0 Å². The number of aromatic amines is 1. The van der Waals surface area contributed by atoms with E-state index in [0.717, 1.165) is 22.6 Å². The molecule has 4 nitrogen and oxygen atoms in total. The molecule has 2 N–H and O–H groups in total. The number of carbonyl (C=O) groups is 2. The molecule has 22 heavy (non-hydrogen) atoms. The molecule has 0 radical (unpaired) electrons. The predicted octanol–water partition coefficient (Wildman–Crippen LogP) is 3.32. The molecule has 2 aromatic rings. The number of nitrogens with one attached hydrogen (secondary N) is 2. The Morgan fingerprint density at radius 2 is 2.18 bits per heavy atom. The molecule has 0 saturated heterocycles. The van der Waals surface area contributed by atoms with Crippen molar-refractivity contribution in [2.75, 3.05) is 5.75 Å². The zero-order chi connectivity index (χ0) is 15.7. The lowest BCUT2D eigenvalue weighted by atomic mass is 10.0. The number of benzene rings is 1. The zero-order valence-electron chi connectivity index (χ0n) is 12.0. The van der Waals surface area contributed by atoms with E-state index in [9.17, 15) is 14.0 Å². The van der Waals surface area contributed by atoms with Gasteiger partial charge in [-0.3, -0.25) is 9.59 Å². The summed E-state index contributed by atoms with van der Waals surface area (Å²) in [5.74, 6) is 0.170. The van der Waals surface area contributed by atoms with Gasteiger partial charge in [0.15, 0.2) is 5.78 Å². The lowest BCUT2D eigenvalue weighted by molar-refractivity contribution is 0.0930. The van der Waals surface area contributed by atoms with Crippen LogP contribution < -0.4 is 5.32 Å². The number of halogens is 1. The number of rotatable bonds is 3. The van der Waals surface area contributed by atoms with Crippen LogP contribution in [0.2, 0.25) is 0 Å². The van der Waals surface area contributed by atoms with Crippen molar-refractivity contribution in [3.63, 3.8) is 0 Å². The fraction of sp³-hybridized carbons (Fsp3) is 0.250. The Hall–Kier alpha value is -2.08.